The zero-order valence-corrected chi connectivity index (χ0v) is 6.12. The minimum absolute atomic E-state index is 0.00231. The Morgan fingerprint density at radius 1 is 1.00 bits per heavy atom. The van der Waals surface area contributed by atoms with Gasteiger partial charge in [0.2, 0.25) is 0 Å². The molecule has 5 nitrogen and oxygen atoms in total. The van der Waals surface area contributed by atoms with Gasteiger partial charge in [-0.3, -0.25) is 9.98 Å². The Morgan fingerprint density at radius 3 is 1.64 bits per heavy atom. The predicted octanol–water partition coefficient (Wildman–Crippen LogP) is -2.06. The molecule has 11 heavy (non-hydrogen) atoms. The number of rotatable bonds is 0. The summed E-state index contributed by atoms with van der Waals surface area (Å²) in [6.07, 6.45) is 0. The van der Waals surface area contributed by atoms with Crippen molar-refractivity contribution in [2.45, 2.75) is 0 Å². The Labute approximate surface area is 61.1 Å². The van der Waals surface area contributed by atoms with Crippen LogP contribution in [-0.2, 0) is 0 Å². The highest BCUT2D eigenvalue weighted by atomic mass is 16.4. The fraction of sp³-hybridized carbons (Fsp3) is 0.333. The molecule has 0 aromatic carbocycles. The van der Waals surface area contributed by atoms with Crippen molar-refractivity contribution in [2.24, 2.45) is 9.98 Å². The summed E-state index contributed by atoms with van der Waals surface area (Å²) in [6, 6.07) is 0. The lowest BCUT2D eigenvalue weighted by Gasteiger charge is -1.66. The van der Waals surface area contributed by atoms with Crippen LogP contribution in [0.3, 0.4) is 0 Å². The molecule has 0 saturated carbocycles. The lowest BCUT2D eigenvalue weighted by Crippen LogP contribution is -2.37. The molecule has 58 valence electrons. The first kappa shape index (κ1) is 7.59. The Morgan fingerprint density at radius 2 is 1.36 bits per heavy atom. The van der Waals surface area contributed by atoms with Crippen LogP contribution >= 0.6 is 0 Å². The van der Waals surface area contributed by atoms with E-state index in [1.54, 1.807) is 0 Å². The van der Waals surface area contributed by atoms with E-state index in [-0.39, 0.29) is 10.7 Å². The smallest absolute Gasteiger partial charge is 0.366 e. The van der Waals surface area contributed by atoms with Crippen molar-refractivity contribution in [1.82, 2.24) is 0 Å². The molecule has 0 radical (unpaired) electrons. The maximum absolute atomic E-state index is 10.7. The molecule has 0 bridgehead atoms. The summed E-state index contributed by atoms with van der Waals surface area (Å²) in [5.41, 5.74) is -1.45. The fourth-order valence-corrected chi connectivity index (χ4v) is 0.769. The molecule has 0 fully saturated rings. The molecular weight excluding hydrogens is 148 g/mol. The van der Waals surface area contributed by atoms with Gasteiger partial charge in [0.15, 0.2) is 10.7 Å². The number of hydrogen-bond acceptors (Lipinski definition) is 5. The highest BCUT2D eigenvalue weighted by Crippen LogP contribution is 1.48. The summed E-state index contributed by atoms with van der Waals surface area (Å²) in [7, 11) is 2.81. The van der Waals surface area contributed by atoms with Gasteiger partial charge < -0.3 is 4.42 Å². The molecule has 0 aliphatic carbocycles. The van der Waals surface area contributed by atoms with Crippen LogP contribution in [0.5, 0.6) is 0 Å². The zero-order chi connectivity index (χ0) is 8.43. The second kappa shape index (κ2) is 2.61. The van der Waals surface area contributed by atoms with Crippen LogP contribution in [0.1, 0.15) is 0 Å². The molecule has 1 aromatic heterocycles. The molecule has 0 aliphatic heterocycles. The summed E-state index contributed by atoms with van der Waals surface area (Å²) >= 11 is 0. The lowest BCUT2D eigenvalue weighted by atomic mass is 10.5. The SMILES string of the molecule is C/N=c1/c(=O)oc(=O)/c1=N/C. The van der Waals surface area contributed by atoms with Gasteiger partial charge in [-0.05, 0) is 0 Å². The molecule has 0 saturated heterocycles. The predicted molar refractivity (Wildman–Crippen MR) is 36.6 cm³/mol. The van der Waals surface area contributed by atoms with E-state index in [9.17, 15) is 9.59 Å². The third-order valence-electron chi connectivity index (χ3n) is 1.24. The van der Waals surface area contributed by atoms with Crippen LogP contribution in [0.4, 0.5) is 0 Å². The topological polar surface area (TPSA) is 72.0 Å². The van der Waals surface area contributed by atoms with Crippen molar-refractivity contribution < 1.29 is 4.42 Å². The van der Waals surface area contributed by atoms with Gasteiger partial charge in [0.05, 0.1) is 0 Å². The second-order valence-corrected chi connectivity index (χ2v) is 1.82. The fourth-order valence-electron chi connectivity index (χ4n) is 0.769. The van der Waals surface area contributed by atoms with Gasteiger partial charge in [-0.15, -0.1) is 0 Å². The molecule has 0 aliphatic rings. The number of furan rings is 1. The standard InChI is InChI=1S/C6H6N2O3/c1-7-3-4(8-2)6(10)11-5(3)9/h1-2H3/b7-3+,8-4+. The molecule has 0 N–H and O–H groups in total. The maximum atomic E-state index is 10.7. The average Bonchev–Trinajstić information content (AvgIpc) is 2.24. The molecule has 0 atom stereocenters. The molecule has 1 rings (SSSR count). The van der Waals surface area contributed by atoms with Gasteiger partial charge in [-0.1, -0.05) is 0 Å². The highest BCUT2D eigenvalue weighted by molar-refractivity contribution is 4.85. The van der Waals surface area contributed by atoms with Crippen molar-refractivity contribution in [2.75, 3.05) is 14.1 Å². The van der Waals surface area contributed by atoms with Crippen molar-refractivity contribution >= 4 is 0 Å². The Balaban J connectivity index is 4.02. The summed E-state index contributed by atoms with van der Waals surface area (Å²) in [5, 5.41) is -0.00463. The number of nitrogens with zero attached hydrogens (tertiary/aromatic N) is 2. The van der Waals surface area contributed by atoms with E-state index in [1.165, 1.54) is 14.1 Å². The first-order valence-corrected chi connectivity index (χ1v) is 2.91. The van der Waals surface area contributed by atoms with Crippen LogP contribution in [0.2, 0.25) is 0 Å². The van der Waals surface area contributed by atoms with E-state index in [0.717, 1.165) is 0 Å². The van der Waals surface area contributed by atoms with Gasteiger partial charge >= 0.3 is 11.3 Å². The van der Waals surface area contributed by atoms with E-state index in [2.05, 4.69) is 14.4 Å². The minimum Gasteiger partial charge on any atom is -0.383 e. The molecule has 1 heterocycles. The van der Waals surface area contributed by atoms with Gasteiger partial charge in [0, 0.05) is 14.1 Å². The van der Waals surface area contributed by atoms with E-state index in [0.29, 0.717) is 0 Å². The van der Waals surface area contributed by atoms with Crippen LogP contribution in [0.25, 0.3) is 0 Å². The van der Waals surface area contributed by atoms with Gasteiger partial charge in [0.25, 0.3) is 0 Å². The van der Waals surface area contributed by atoms with Crippen molar-refractivity contribution in [3.63, 3.8) is 0 Å². The molecular formula is C6H6N2O3. The summed E-state index contributed by atoms with van der Waals surface area (Å²) < 4.78 is 4.23. The average molecular weight is 154 g/mol. The van der Waals surface area contributed by atoms with E-state index < -0.39 is 11.3 Å². The Bertz CT molecular complexity index is 417. The molecule has 1 aromatic rings. The molecule has 0 spiro atoms. The van der Waals surface area contributed by atoms with Crippen LogP contribution in [-0.4, -0.2) is 14.1 Å². The maximum Gasteiger partial charge on any atom is 0.366 e. The van der Waals surface area contributed by atoms with E-state index in [1.807, 2.05) is 0 Å². The van der Waals surface area contributed by atoms with Crippen molar-refractivity contribution in [3.8, 4) is 0 Å². The third-order valence-corrected chi connectivity index (χ3v) is 1.24. The van der Waals surface area contributed by atoms with E-state index in [4.69, 9.17) is 0 Å². The first-order valence-electron chi connectivity index (χ1n) is 2.91. The summed E-state index contributed by atoms with van der Waals surface area (Å²) in [4.78, 5) is 28.6. The largest absolute Gasteiger partial charge is 0.383 e. The second-order valence-electron chi connectivity index (χ2n) is 1.82. The summed E-state index contributed by atoms with van der Waals surface area (Å²) in [6.45, 7) is 0. The van der Waals surface area contributed by atoms with Gasteiger partial charge in [0.1, 0.15) is 0 Å². The monoisotopic (exact) mass is 154 g/mol. The Kier molecular flexibility index (Phi) is 1.80. The molecule has 5 heteroatoms. The van der Waals surface area contributed by atoms with Gasteiger partial charge in [-0.25, -0.2) is 9.59 Å². The lowest BCUT2D eigenvalue weighted by molar-refractivity contribution is 0.487. The normalized spacial score (nSPS) is 14.4. The third kappa shape index (κ3) is 1.04. The highest BCUT2D eigenvalue weighted by Gasteiger charge is 2.03. The number of hydrogen-bond donors (Lipinski definition) is 0. The van der Waals surface area contributed by atoms with Gasteiger partial charge in [-0.2, -0.15) is 0 Å². The van der Waals surface area contributed by atoms with Crippen molar-refractivity contribution in [3.05, 3.63) is 31.6 Å². The summed E-state index contributed by atoms with van der Waals surface area (Å²) in [5.74, 6) is 0. The first-order chi connectivity index (χ1) is 5.20. The van der Waals surface area contributed by atoms with Crippen LogP contribution in [0, 0.1) is 0 Å². The minimum atomic E-state index is -0.724. The van der Waals surface area contributed by atoms with Crippen LogP contribution < -0.4 is 22.0 Å². The quantitative estimate of drug-likeness (QED) is 0.431. The van der Waals surface area contributed by atoms with Crippen molar-refractivity contribution in [1.29, 1.82) is 0 Å². The Hall–Kier alpha value is -1.52. The van der Waals surface area contributed by atoms with Crippen LogP contribution in [0.15, 0.2) is 24.0 Å². The molecule has 0 unspecified atom stereocenters. The zero-order valence-electron chi connectivity index (χ0n) is 6.12. The molecule has 0 amide bonds. The van der Waals surface area contributed by atoms with E-state index >= 15 is 0 Å².